The van der Waals surface area contributed by atoms with Gasteiger partial charge in [-0.2, -0.15) is 5.10 Å². The van der Waals surface area contributed by atoms with Crippen molar-refractivity contribution in [3.8, 4) is 11.6 Å². The Morgan fingerprint density at radius 1 is 1.39 bits per heavy atom. The molecule has 0 aliphatic heterocycles. The molecule has 2 rings (SSSR count). The lowest BCUT2D eigenvalue weighted by atomic mass is 10.3. The lowest BCUT2D eigenvalue weighted by Crippen LogP contribution is -2.04. The number of rotatable bonds is 5. The Kier molecular flexibility index (Phi) is 3.62. The minimum atomic E-state index is -1.06. The molecule has 1 aromatic heterocycles. The summed E-state index contributed by atoms with van der Waals surface area (Å²) in [7, 11) is 0. The number of ether oxygens (including phenoxy) is 1. The van der Waals surface area contributed by atoms with Crippen molar-refractivity contribution < 1.29 is 14.6 Å². The highest BCUT2D eigenvalue weighted by Crippen LogP contribution is 2.19. The highest BCUT2D eigenvalue weighted by atomic mass is 16.5. The molecule has 18 heavy (non-hydrogen) atoms. The third kappa shape index (κ3) is 2.51. The van der Waals surface area contributed by atoms with E-state index < -0.39 is 5.97 Å². The van der Waals surface area contributed by atoms with E-state index in [9.17, 15) is 4.79 Å². The number of para-hydroxylation sites is 1. The van der Waals surface area contributed by atoms with E-state index in [1.54, 1.807) is 0 Å². The summed E-state index contributed by atoms with van der Waals surface area (Å²) in [5.41, 5.74) is 0.751. The van der Waals surface area contributed by atoms with E-state index in [-0.39, 0.29) is 5.69 Å². The van der Waals surface area contributed by atoms with Gasteiger partial charge in [0.25, 0.3) is 0 Å². The Balaban J connectivity index is 2.40. The van der Waals surface area contributed by atoms with Gasteiger partial charge in [0.15, 0.2) is 5.69 Å². The van der Waals surface area contributed by atoms with Gasteiger partial charge in [0, 0.05) is 6.07 Å². The average Bonchev–Trinajstić information content (AvgIpc) is 2.81. The Labute approximate surface area is 105 Å². The van der Waals surface area contributed by atoms with Crippen LogP contribution in [-0.2, 0) is 0 Å². The summed E-state index contributed by atoms with van der Waals surface area (Å²) >= 11 is 0. The summed E-state index contributed by atoms with van der Waals surface area (Å²) in [6.45, 7) is 2.51. The number of aromatic carboxylic acids is 1. The molecule has 5 nitrogen and oxygen atoms in total. The molecule has 0 fully saturated rings. The maximum Gasteiger partial charge on any atom is 0.356 e. The third-order valence-corrected chi connectivity index (χ3v) is 2.35. The monoisotopic (exact) mass is 246 g/mol. The fourth-order valence-electron chi connectivity index (χ4n) is 1.53. The number of carboxylic acid groups (broad SMARTS) is 1. The van der Waals surface area contributed by atoms with Gasteiger partial charge in [0.2, 0.25) is 5.88 Å². The van der Waals surface area contributed by atoms with Crippen LogP contribution >= 0.6 is 0 Å². The summed E-state index contributed by atoms with van der Waals surface area (Å²) < 4.78 is 7.01. The zero-order chi connectivity index (χ0) is 13.0. The highest BCUT2D eigenvalue weighted by Gasteiger charge is 2.15. The molecule has 0 spiro atoms. The molecule has 0 amide bonds. The van der Waals surface area contributed by atoms with Crippen molar-refractivity contribution in [2.75, 3.05) is 6.61 Å². The average molecular weight is 246 g/mol. The van der Waals surface area contributed by atoms with Gasteiger partial charge >= 0.3 is 5.97 Å². The fraction of sp³-hybridized carbons (Fsp3) is 0.231. The van der Waals surface area contributed by atoms with Crippen molar-refractivity contribution in [2.24, 2.45) is 0 Å². The van der Waals surface area contributed by atoms with Crippen LogP contribution in [0.1, 0.15) is 23.8 Å². The minimum Gasteiger partial charge on any atom is -0.478 e. The molecule has 0 radical (unpaired) electrons. The number of aromatic nitrogens is 2. The third-order valence-electron chi connectivity index (χ3n) is 2.35. The van der Waals surface area contributed by atoms with Gasteiger partial charge in [-0.05, 0) is 18.6 Å². The quantitative estimate of drug-likeness (QED) is 0.879. The van der Waals surface area contributed by atoms with Gasteiger partial charge in [-0.1, -0.05) is 25.1 Å². The number of hydrogen-bond donors (Lipinski definition) is 1. The Bertz CT molecular complexity index is 534. The van der Waals surface area contributed by atoms with Crippen molar-refractivity contribution in [3.63, 3.8) is 0 Å². The second kappa shape index (κ2) is 5.35. The number of carbonyl (C=O) groups is 1. The first-order valence-corrected chi connectivity index (χ1v) is 5.74. The second-order valence-corrected chi connectivity index (χ2v) is 3.77. The van der Waals surface area contributed by atoms with Crippen molar-refractivity contribution in [1.82, 2.24) is 9.78 Å². The molecule has 1 aromatic carbocycles. The van der Waals surface area contributed by atoms with E-state index in [1.807, 2.05) is 37.3 Å². The van der Waals surface area contributed by atoms with Gasteiger partial charge in [-0.3, -0.25) is 0 Å². The van der Waals surface area contributed by atoms with Crippen LogP contribution in [-0.4, -0.2) is 27.5 Å². The first kappa shape index (κ1) is 12.2. The fourth-order valence-corrected chi connectivity index (χ4v) is 1.53. The summed E-state index contributed by atoms with van der Waals surface area (Å²) in [6, 6.07) is 10.7. The molecule has 0 saturated carbocycles. The molecule has 5 heteroatoms. The van der Waals surface area contributed by atoms with Crippen LogP contribution < -0.4 is 4.74 Å². The number of nitrogens with zero attached hydrogens (tertiary/aromatic N) is 2. The summed E-state index contributed by atoms with van der Waals surface area (Å²) in [4.78, 5) is 10.9. The molecule has 0 bridgehead atoms. The maximum atomic E-state index is 10.9. The first-order valence-electron chi connectivity index (χ1n) is 5.74. The SMILES string of the molecule is CCCOc1cc(C(=O)O)nn1-c1ccccc1. The van der Waals surface area contributed by atoms with Crippen molar-refractivity contribution in [3.05, 3.63) is 42.1 Å². The number of carboxylic acids is 1. The molecule has 0 aliphatic rings. The molecule has 0 unspecified atom stereocenters. The summed E-state index contributed by atoms with van der Waals surface area (Å²) in [6.07, 6.45) is 0.850. The molecular weight excluding hydrogens is 232 g/mol. The van der Waals surface area contributed by atoms with Crippen LogP contribution in [0, 0.1) is 0 Å². The molecule has 2 aromatic rings. The van der Waals surface area contributed by atoms with E-state index in [1.165, 1.54) is 10.7 Å². The van der Waals surface area contributed by atoms with Gasteiger partial charge in [0.05, 0.1) is 12.3 Å². The molecular formula is C13H14N2O3. The van der Waals surface area contributed by atoms with E-state index in [0.29, 0.717) is 12.5 Å². The Morgan fingerprint density at radius 3 is 2.72 bits per heavy atom. The predicted molar refractivity (Wildman–Crippen MR) is 66.3 cm³/mol. The molecule has 1 heterocycles. The Morgan fingerprint density at radius 2 is 2.11 bits per heavy atom. The topological polar surface area (TPSA) is 64.3 Å². The van der Waals surface area contributed by atoms with Crippen LogP contribution in [0.4, 0.5) is 0 Å². The highest BCUT2D eigenvalue weighted by molar-refractivity contribution is 5.85. The predicted octanol–water partition coefficient (Wildman–Crippen LogP) is 2.36. The molecule has 0 atom stereocenters. The van der Waals surface area contributed by atoms with Crippen molar-refractivity contribution >= 4 is 5.97 Å². The van der Waals surface area contributed by atoms with Gasteiger partial charge in [-0.15, -0.1) is 0 Å². The van der Waals surface area contributed by atoms with Crippen LogP contribution in [0.15, 0.2) is 36.4 Å². The first-order chi connectivity index (χ1) is 8.72. The van der Waals surface area contributed by atoms with Crippen molar-refractivity contribution in [1.29, 1.82) is 0 Å². The van der Waals surface area contributed by atoms with Crippen LogP contribution in [0.25, 0.3) is 5.69 Å². The zero-order valence-corrected chi connectivity index (χ0v) is 10.0. The number of benzene rings is 1. The van der Waals surface area contributed by atoms with Crippen LogP contribution in [0.3, 0.4) is 0 Å². The van der Waals surface area contributed by atoms with E-state index >= 15 is 0 Å². The minimum absolute atomic E-state index is 0.0232. The Hall–Kier alpha value is -2.30. The smallest absolute Gasteiger partial charge is 0.356 e. The standard InChI is InChI=1S/C13H14N2O3/c1-2-8-18-12-9-11(13(16)17)14-15(12)10-6-4-3-5-7-10/h3-7,9H,2,8H2,1H3,(H,16,17). The molecule has 1 N–H and O–H groups in total. The molecule has 0 aliphatic carbocycles. The maximum absolute atomic E-state index is 10.9. The summed E-state index contributed by atoms with van der Waals surface area (Å²) in [5.74, 6) is -0.619. The van der Waals surface area contributed by atoms with Crippen LogP contribution in [0.2, 0.25) is 0 Å². The van der Waals surface area contributed by atoms with Gasteiger partial charge < -0.3 is 9.84 Å². The van der Waals surface area contributed by atoms with Gasteiger partial charge in [0.1, 0.15) is 0 Å². The zero-order valence-electron chi connectivity index (χ0n) is 10.0. The lowest BCUT2D eigenvalue weighted by Gasteiger charge is -2.07. The lowest BCUT2D eigenvalue weighted by molar-refractivity contribution is 0.0690. The van der Waals surface area contributed by atoms with E-state index in [0.717, 1.165) is 12.1 Å². The van der Waals surface area contributed by atoms with Crippen molar-refractivity contribution in [2.45, 2.75) is 13.3 Å². The molecule has 0 saturated heterocycles. The summed E-state index contributed by atoms with van der Waals surface area (Å²) in [5, 5.41) is 13.0. The molecule has 94 valence electrons. The normalized spacial score (nSPS) is 10.3. The van der Waals surface area contributed by atoms with Crippen LogP contribution in [0.5, 0.6) is 5.88 Å². The van der Waals surface area contributed by atoms with E-state index in [2.05, 4.69) is 5.10 Å². The number of hydrogen-bond acceptors (Lipinski definition) is 3. The van der Waals surface area contributed by atoms with Gasteiger partial charge in [-0.25, -0.2) is 9.48 Å². The largest absolute Gasteiger partial charge is 0.478 e. The second-order valence-electron chi connectivity index (χ2n) is 3.77. The van der Waals surface area contributed by atoms with E-state index in [4.69, 9.17) is 9.84 Å².